The van der Waals surface area contributed by atoms with E-state index in [4.69, 9.17) is 0 Å². The predicted octanol–water partition coefficient (Wildman–Crippen LogP) is 1.98. The number of benzene rings is 1. The quantitative estimate of drug-likeness (QED) is 0.528. The van der Waals surface area contributed by atoms with E-state index in [1.807, 2.05) is 43.3 Å². The third-order valence-corrected chi connectivity index (χ3v) is 6.53. The largest absolute Gasteiger partial charge is 0.511 e. The summed E-state index contributed by atoms with van der Waals surface area (Å²) in [7, 11) is 0.358. The average Bonchev–Trinajstić information content (AvgIpc) is 2.68. The van der Waals surface area contributed by atoms with Crippen molar-refractivity contribution >= 4 is 21.7 Å². The van der Waals surface area contributed by atoms with E-state index in [0.717, 1.165) is 11.3 Å². The van der Waals surface area contributed by atoms with Crippen LogP contribution in [0.15, 0.2) is 29.3 Å². The van der Waals surface area contributed by atoms with Gasteiger partial charge in [-0.15, -0.1) is 0 Å². The van der Waals surface area contributed by atoms with E-state index in [1.165, 1.54) is 0 Å². The first kappa shape index (κ1) is 23.3. The Morgan fingerprint density at radius 2 is 1.76 bits per heavy atom. The number of aliphatic imine (C=N–C) groups is 1. The van der Waals surface area contributed by atoms with E-state index in [0.29, 0.717) is 36.2 Å². The first-order valence-electron chi connectivity index (χ1n) is 9.32. The van der Waals surface area contributed by atoms with Crippen LogP contribution >= 0.6 is 0 Å². The van der Waals surface area contributed by atoms with Crippen LogP contribution in [-0.2, 0) is 16.6 Å². The van der Waals surface area contributed by atoms with Crippen LogP contribution in [0.3, 0.4) is 0 Å². The zero-order chi connectivity index (χ0) is 21.7. The molecular formula is C18H28F3N5O2S. The Bertz CT molecular complexity index is 787. The predicted molar refractivity (Wildman–Crippen MR) is 108 cm³/mol. The Morgan fingerprint density at radius 1 is 1.17 bits per heavy atom. The summed E-state index contributed by atoms with van der Waals surface area (Å²) in [5.41, 5.74) is -3.05. The van der Waals surface area contributed by atoms with Crippen LogP contribution in [0.5, 0.6) is 0 Å². The van der Waals surface area contributed by atoms with Gasteiger partial charge in [0, 0.05) is 53.0 Å². The molecule has 1 aromatic carbocycles. The maximum absolute atomic E-state index is 12.6. The number of hydrogen-bond donors (Lipinski definition) is 2. The molecule has 29 heavy (non-hydrogen) atoms. The Labute approximate surface area is 170 Å². The molecule has 0 atom stereocenters. The van der Waals surface area contributed by atoms with Gasteiger partial charge in [-0.1, -0.05) is 12.1 Å². The molecule has 0 bridgehead atoms. The molecule has 1 saturated heterocycles. The number of piperidine rings is 1. The third-order valence-electron chi connectivity index (χ3n) is 4.90. The highest BCUT2D eigenvalue weighted by molar-refractivity contribution is 7.90. The van der Waals surface area contributed by atoms with Gasteiger partial charge in [0.25, 0.3) is 0 Å². The second kappa shape index (κ2) is 9.66. The van der Waals surface area contributed by atoms with Crippen molar-refractivity contribution in [1.29, 1.82) is 0 Å². The van der Waals surface area contributed by atoms with Gasteiger partial charge in [-0.05, 0) is 36.5 Å². The molecular weight excluding hydrogens is 407 g/mol. The normalized spacial score (nSPS) is 17.2. The van der Waals surface area contributed by atoms with Gasteiger partial charge in [-0.3, -0.25) is 4.99 Å². The number of sulfonamides is 1. The van der Waals surface area contributed by atoms with Crippen molar-refractivity contribution in [3.05, 3.63) is 29.8 Å². The van der Waals surface area contributed by atoms with Gasteiger partial charge < -0.3 is 15.5 Å². The molecule has 1 aromatic rings. The molecule has 11 heteroatoms. The van der Waals surface area contributed by atoms with Crippen molar-refractivity contribution in [1.82, 2.24) is 14.9 Å². The molecule has 0 aromatic heterocycles. The highest BCUT2D eigenvalue weighted by Gasteiger charge is 2.50. The molecule has 164 valence electrons. The van der Waals surface area contributed by atoms with E-state index in [9.17, 15) is 21.6 Å². The lowest BCUT2D eigenvalue weighted by Gasteiger charge is -2.31. The summed E-state index contributed by atoms with van der Waals surface area (Å²) >= 11 is 0. The van der Waals surface area contributed by atoms with Gasteiger partial charge in [0.1, 0.15) is 0 Å². The number of anilines is 1. The van der Waals surface area contributed by atoms with Crippen LogP contribution in [0.4, 0.5) is 18.9 Å². The van der Waals surface area contributed by atoms with Gasteiger partial charge in [-0.2, -0.15) is 17.5 Å². The van der Waals surface area contributed by atoms with Crippen molar-refractivity contribution in [2.75, 3.05) is 45.7 Å². The Hall–Kier alpha value is -2.01. The van der Waals surface area contributed by atoms with E-state index in [1.54, 1.807) is 7.05 Å². The summed E-state index contributed by atoms with van der Waals surface area (Å²) in [6, 6.07) is 8.09. The molecule has 2 rings (SSSR count). The molecule has 0 radical (unpaired) electrons. The zero-order valence-corrected chi connectivity index (χ0v) is 17.6. The first-order chi connectivity index (χ1) is 13.5. The van der Waals surface area contributed by atoms with Crippen LogP contribution in [0.1, 0.15) is 18.4 Å². The lowest BCUT2D eigenvalue weighted by Crippen LogP contribution is -2.47. The fourth-order valence-electron chi connectivity index (χ4n) is 3.06. The second-order valence-electron chi connectivity index (χ2n) is 7.16. The zero-order valence-electron chi connectivity index (χ0n) is 16.8. The van der Waals surface area contributed by atoms with Crippen LogP contribution in [0.25, 0.3) is 0 Å². The summed E-state index contributed by atoms with van der Waals surface area (Å²) in [5.74, 6) is 0.666. The number of nitrogens with one attached hydrogen (secondary N) is 2. The summed E-state index contributed by atoms with van der Waals surface area (Å²) in [4.78, 5) is 6.17. The molecule has 0 amide bonds. The Balaban J connectivity index is 1.77. The van der Waals surface area contributed by atoms with Gasteiger partial charge in [-0.25, -0.2) is 8.42 Å². The second-order valence-corrected chi connectivity index (χ2v) is 9.09. The standard InChI is InChI=1S/C18H28F3N5O2S/c1-22-17(23-12-14-4-6-16(7-5-14)25(2)3)24-13-15-8-10-26(11-9-15)29(27,28)18(19,20)21/h4-7,15H,8-13H2,1-3H3,(H2,22,23,24). The molecule has 1 aliphatic heterocycles. The fraction of sp³-hybridized carbons (Fsp3) is 0.611. The van der Waals surface area contributed by atoms with E-state index in [2.05, 4.69) is 15.6 Å². The maximum atomic E-state index is 12.6. The smallest absolute Gasteiger partial charge is 0.378 e. The fourth-order valence-corrected chi connectivity index (χ4v) is 4.04. The SMILES string of the molecule is CN=C(NCc1ccc(N(C)C)cc1)NCC1CCN(S(=O)(=O)C(F)(F)F)CC1. The highest BCUT2D eigenvalue weighted by Crippen LogP contribution is 2.30. The Morgan fingerprint density at radius 3 is 2.24 bits per heavy atom. The number of halogens is 3. The van der Waals surface area contributed by atoms with Crippen LogP contribution in [0.2, 0.25) is 0 Å². The lowest BCUT2D eigenvalue weighted by molar-refractivity contribution is -0.0496. The van der Waals surface area contributed by atoms with Gasteiger partial charge in [0.05, 0.1) is 0 Å². The molecule has 7 nitrogen and oxygen atoms in total. The summed E-state index contributed by atoms with van der Waals surface area (Å²) in [5, 5.41) is 6.36. The van der Waals surface area contributed by atoms with E-state index in [-0.39, 0.29) is 19.0 Å². The number of alkyl halides is 3. The third kappa shape index (κ3) is 6.23. The summed E-state index contributed by atoms with van der Waals surface area (Å²) in [6.45, 7) is 0.839. The molecule has 1 fully saturated rings. The van der Waals surface area contributed by atoms with E-state index >= 15 is 0 Å². The van der Waals surface area contributed by atoms with Gasteiger partial charge in [0.2, 0.25) is 0 Å². The lowest BCUT2D eigenvalue weighted by atomic mass is 9.98. The molecule has 2 N–H and O–H groups in total. The molecule has 0 aliphatic carbocycles. The van der Waals surface area contributed by atoms with Crippen LogP contribution in [0, 0.1) is 5.92 Å². The van der Waals surface area contributed by atoms with Crippen LogP contribution in [-0.4, -0.2) is 65.0 Å². The minimum atomic E-state index is -5.24. The molecule has 0 saturated carbocycles. The van der Waals surface area contributed by atoms with Gasteiger partial charge >= 0.3 is 15.5 Å². The van der Waals surface area contributed by atoms with Crippen molar-refractivity contribution in [3.63, 3.8) is 0 Å². The van der Waals surface area contributed by atoms with E-state index < -0.39 is 15.5 Å². The van der Waals surface area contributed by atoms with Crippen molar-refractivity contribution in [2.45, 2.75) is 24.9 Å². The number of rotatable bonds is 6. The topological polar surface area (TPSA) is 77.0 Å². The van der Waals surface area contributed by atoms with Gasteiger partial charge in [0.15, 0.2) is 5.96 Å². The minimum absolute atomic E-state index is 0.0765. The van der Waals surface area contributed by atoms with Crippen molar-refractivity contribution in [2.24, 2.45) is 10.9 Å². The number of nitrogens with zero attached hydrogens (tertiary/aromatic N) is 3. The molecule has 0 unspecified atom stereocenters. The summed E-state index contributed by atoms with van der Waals surface area (Å²) in [6.07, 6.45) is 0.733. The summed E-state index contributed by atoms with van der Waals surface area (Å²) < 4.78 is 61.3. The maximum Gasteiger partial charge on any atom is 0.511 e. The number of hydrogen-bond acceptors (Lipinski definition) is 4. The molecule has 1 heterocycles. The number of guanidine groups is 1. The average molecular weight is 436 g/mol. The van der Waals surface area contributed by atoms with Crippen molar-refractivity contribution < 1.29 is 21.6 Å². The van der Waals surface area contributed by atoms with Crippen molar-refractivity contribution in [3.8, 4) is 0 Å². The first-order valence-corrected chi connectivity index (χ1v) is 10.8. The molecule has 0 spiro atoms. The van der Waals surface area contributed by atoms with Crippen LogP contribution < -0.4 is 15.5 Å². The highest BCUT2D eigenvalue weighted by atomic mass is 32.2. The minimum Gasteiger partial charge on any atom is -0.378 e. The Kier molecular flexibility index (Phi) is 7.75. The monoisotopic (exact) mass is 435 g/mol. The molecule has 1 aliphatic rings.